The van der Waals surface area contributed by atoms with Crippen LogP contribution in [0.4, 0.5) is 4.39 Å². The van der Waals surface area contributed by atoms with E-state index < -0.39 is 11.6 Å². The first-order valence-corrected chi connectivity index (χ1v) is 10.6. The number of carbonyl (C=O) groups is 1. The number of rotatable bonds is 6. The highest BCUT2D eigenvalue weighted by Gasteiger charge is 2.25. The largest absolute Gasteiger partial charge is 0.505 e. The van der Waals surface area contributed by atoms with E-state index in [0.717, 1.165) is 38.8 Å². The van der Waals surface area contributed by atoms with Gasteiger partial charge in [0.15, 0.2) is 11.6 Å². The maximum atomic E-state index is 14.2. The van der Waals surface area contributed by atoms with Gasteiger partial charge >= 0.3 is 0 Å². The molecule has 1 saturated heterocycles. The van der Waals surface area contributed by atoms with Crippen molar-refractivity contribution in [2.75, 3.05) is 19.7 Å². The summed E-state index contributed by atoms with van der Waals surface area (Å²) in [6.07, 6.45) is 8.42. The lowest BCUT2D eigenvalue weighted by atomic mass is 10.1. The molecular formula is C22H24FN5O3. The quantitative estimate of drug-likeness (QED) is 0.559. The lowest BCUT2D eigenvalue weighted by Gasteiger charge is -2.26. The molecule has 8 nitrogen and oxygen atoms in total. The van der Waals surface area contributed by atoms with Gasteiger partial charge in [-0.3, -0.25) is 10.2 Å². The van der Waals surface area contributed by atoms with Crippen LogP contribution in [0.25, 0.3) is 22.3 Å². The molecule has 3 aromatic rings. The number of aromatic amines is 1. The maximum Gasteiger partial charge on any atom is 0.269 e. The van der Waals surface area contributed by atoms with E-state index in [1.165, 1.54) is 24.9 Å². The normalized spacial score (nSPS) is 17.1. The Hall–Kier alpha value is -3.20. The first kappa shape index (κ1) is 19.7. The standard InChI is InChI=1S/C22H24FN5O3/c23-16-8-14(18(9-17(16)29)31-11-13-4-5-13)19-21-20(26-12-25-19)15(10-24-21)22(30)27-28-6-2-1-3-7-28/h8-10,12-13,24,29H,1-7,11H2,(H,27,30). The lowest BCUT2D eigenvalue weighted by Crippen LogP contribution is -2.45. The third kappa shape index (κ3) is 4.05. The summed E-state index contributed by atoms with van der Waals surface area (Å²) in [5.74, 6) is -0.663. The average Bonchev–Trinajstić information content (AvgIpc) is 3.50. The van der Waals surface area contributed by atoms with Crippen LogP contribution in [0.15, 0.2) is 24.7 Å². The summed E-state index contributed by atoms with van der Waals surface area (Å²) in [6.45, 7) is 2.14. The van der Waals surface area contributed by atoms with Gasteiger partial charge in [0, 0.05) is 30.9 Å². The number of fused-ring (bicyclic) bond motifs is 1. The van der Waals surface area contributed by atoms with Crippen molar-refractivity contribution in [1.29, 1.82) is 0 Å². The van der Waals surface area contributed by atoms with E-state index in [1.54, 1.807) is 6.20 Å². The summed E-state index contributed by atoms with van der Waals surface area (Å²) in [7, 11) is 0. The van der Waals surface area contributed by atoms with Gasteiger partial charge < -0.3 is 14.8 Å². The van der Waals surface area contributed by atoms with Crippen molar-refractivity contribution < 1.29 is 19.0 Å². The summed E-state index contributed by atoms with van der Waals surface area (Å²) in [4.78, 5) is 24.5. The number of nitrogens with zero attached hydrogens (tertiary/aromatic N) is 3. The van der Waals surface area contributed by atoms with Gasteiger partial charge in [0.1, 0.15) is 23.3 Å². The molecule has 3 N–H and O–H groups in total. The number of amides is 1. The number of piperidine rings is 1. The molecule has 0 atom stereocenters. The van der Waals surface area contributed by atoms with Crippen molar-refractivity contribution in [2.45, 2.75) is 32.1 Å². The zero-order valence-electron chi connectivity index (χ0n) is 17.0. The molecular weight excluding hydrogens is 401 g/mol. The summed E-state index contributed by atoms with van der Waals surface area (Å²) in [5.41, 5.74) is 5.09. The molecule has 0 unspecified atom stereocenters. The van der Waals surface area contributed by atoms with E-state index in [9.17, 15) is 14.3 Å². The van der Waals surface area contributed by atoms with Crippen LogP contribution in [0.2, 0.25) is 0 Å². The second-order valence-corrected chi connectivity index (χ2v) is 8.19. The number of hydrazine groups is 1. The number of aromatic nitrogens is 3. The van der Waals surface area contributed by atoms with Crippen LogP contribution in [0.1, 0.15) is 42.5 Å². The minimum atomic E-state index is -0.768. The van der Waals surface area contributed by atoms with E-state index >= 15 is 0 Å². The van der Waals surface area contributed by atoms with E-state index in [2.05, 4.69) is 20.4 Å². The third-order valence-electron chi connectivity index (χ3n) is 5.80. The first-order valence-electron chi connectivity index (χ1n) is 10.6. The fourth-order valence-corrected chi connectivity index (χ4v) is 3.87. The fraction of sp³-hybridized carbons (Fsp3) is 0.409. The number of aromatic hydroxyl groups is 1. The van der Waals surface area contributed by atoms with Crippen molar-refractivity contribution in [1.82, 2.24) is 25.4 Å². The number of phenols is 1. The second kappa shape index (κ2) is 8.14. The highest BCUT2D eigenvalue weighted by Crippen LogP contribution is 2.38. The molecule has 162 valence electrons. The molecule has 31 heavy (non-hydrogen) atoms. The third-order valence-corrected chi connectivity index (χ3v) is 5.80. The fourth-order valence-electron chi connectivity index (χ4n) is 3.87. The van der Waals surface area contributed by atoms with Crippen LogP contribution in [-0.2, 0) is 0 Å². The Morgan fingerprint density at radius 2 is 2.06 bits per heavy atom. The molecule has 1 saturated carbocycles. The van der Waals surface area contributed by atoms with Crippen LogP contribution in [-0.4, -0.2) is 50.7 Å². The van der Waals surface area contributed by atoms with Gasteiger partial charge in [-0.1, -0.05) is 6.42 Å². The Kier molecular flexibility index (Phi) is 5.19. The van der Waals surface area contributed by atoms with Crippen LogP contribution >= 0.6 is 0 Å². The topological polar surface area (TPSA) is 103 Å². The van der Waals surface area contributed by atoms with Crippen LogP contribution in [0, 0.1) is 11.7 Å². The number of carbonyl (C=O) groups excluding carboxylic acids is 1. The monoisotopic (exact) mass is 425 g/mol. The van der Waals surface area contributed by atoms with Gasteiger partial charge in [0.05, 0.1) is 17.7 Å². The second-order valence-electron chi connectivity index (χ2n) is 8.19. The minimum Gasteiger partial charge on any atom is -0.505 e. The molecule has 3 heterocycles. The zero-order valence-corrected chi connectivity index (χ0v) is 17.0. The van der Waals surface area contributed by atoms with Gasteiger partial charge in [-0.2, -0.15) is 0 Å². The number of ether oxygens (including phenoxy) is 1. The molecule has 1 aromatic carbocycles. The van der Waals surface area contributed by atoms with Gasteiger partial charge in [0.2, 0.25) is 0 Å². The van der Waals surface area contributed by atoms with Crippen LogP contribution in [0.5, 0.6) is 11.5 Å². The van der Waals surface area contributed by atoms with Crippen molar-refractivity contribution in [2.24, 2.45) is 5.92 Å². The maximum absolute atomic E-state index is 14.2. The Labute approximate surface area is 178 Å². The predicted octanol–water partition coefficient (Wildman–Crippen LogP) is 3.39. The molecule has 2 aromatic heterocycles. The van der Waals surface area contributed by atoms with Gasteiger partial charge in [-0.05, 0) is 37.7 Å². The highest BCUT2D eigenvalue weighted by atomic mass is 19.1. The van der Waals surface area contributed by atoms with Crippen molar-refractivity contribution in [3.63, 3.8) is 0 Å². The number of nitrogens with one attached hydrogen (secondary N) is 2. The number of phenolic OH excluding ortho intramolecular Hbond substituents is 1. The van der Waals surface area contributed by atoms with Crippen LogP contribution < -0.4 is 10.2 Å². The first-order chi connectivity index (χ1) is 15.1. The van der Waals surface area contributed by atoms with Gasteiger partial charge in [-0.25, -0.2) is 19.4 Å². The molecule has 0 radical (unpaired) electrons. The molecule has 1 aliphatic carbocycles. The molecule has 1 aliphatic heterocycles. The SMILES string of the molecule is O=C(NN1CCCCC1)c1c[nH]c2c(-c3cc(F)c(O)cc3OCC3CC3)ncnc12. The van der Waals surface area contributed by atoms with E-state index in [1.807, 2.05) is 5.01 Å². The summed E-state index contributed by atoms with van der Waals surface area (Å²) >= 11 is 0. The van der Waals surface area contributed by atoms with E-state index in [0.29, 0.717) is 46.1 Å². The number of hydrogen-bond acceptors (Lipinski definition) is 6. The Morgan fingerprint density at radius 3 is 2.84 bits per heavy atom. The Bertz CT molecular complexity index is 1120. The molecule has 0 spiro atoms. The van der Waals surface area contributed by atoms with Crippen LogP contribution in [0.3, 0.4) is 0 Å². The molecule has 2 aliphatic rings. The smallest absolute Gasteiger partial charge is 0.269 e. The molecule has 0 bridgehead atoms. The molecule has 1 amide bonds. The lowest BCUT2D eigenvalue weighted by molar-refractivity contribution is 0.0751. The summed E-state index contributed by atoms with van der Waals surface area (Å²) < 4.78 is 20.1. The average molecular weight is 425 g/mol. The van der Waals surface area contributed by atoms with E-state index in [-0.39, 0.29) is 5.91 Å². The summed E-state index contributed by atoms with van der Waals surface area (Å²) in [6, 6.07) is 2.47. The van der Waals surface area contributed by atoms with Crippen molar-refractivity contribution in [3.05, 3.63) is 36.0 Å². The number of hydrogen-bond donors (Lipinski definition) is 3. The minimum absolute atomic E-state index is 0.250. The van der Waals surface area contributed by atoms with Crippen molar-refractivity contribution >= 4 is 16.9 Å². The molecule has 5 rings (SSSR count). The number of benzene rings is 1. The Balaban J connectivity index is 1.49. The predicted molar refractivity (Wildman–Crippen MR) is 112 cm³/mol. The molecule has 9 heteroatoms. The molecule has 2 fully saturated rings. The number of H-pyrrole nitrogens is 1. The zero-order chi connectivity index (χ0) is 21.4. The van der Waals surface area contributed by atoms with Gasteiger partial charge in [0.25, 0.3) is 5.91 Å². The van der Waals surface area contributed by atoms with E-state index in [4.69, 9.17) is 4.74 Å². The van der Waals surface area contributed by atoms with Crippen molar-refractivity contribution in [3.8, 4) is 22.8 Å². The summed E-state index contributed by atoms with van der Waals surface area (Å²) in [5, 5.41) is 11.8. The Morgan fingerprint density at radius 1 is 1.26 bits per heavy atom. The van der Waals surface area contributed by atoms with Gasteiger partial charge in [-0.15, -0.1) is 0 Å². The highest BCUT2D eigenvalue weighted by molar-refractivity contribution is 6.07. The number of halogens is 1.